The number of aryl methyl sites for hydroxylation is 1. The van der Waals surface area contributed by atoms with Gasteiger partial charge in [0.05, 0.1) is 5.69 Å². The van der Waals surface area contributed by atoms with E-state index in [0.29, 0.717) is 24.3 Å². The van der Waals surface area contributed by atoms with Crippen molar-refractivity contribution in [3.63, 3.8) is 0 Å². The summed E-state index contributed by atoms with van der Waals surface area (Å²) in [4.78, 5) is 14.3. The maximum Gasteiger partial charge on any atom is 0.274 e. The van der Waals surface area contributed by atoms with E-state index in [0.717, 1.165) is 17.7 Å². The predicted octanol–water partition coefficient (Wildman–Crippen LogP) is 4.12. The maximum atomic E-state index is 13.6. The molecule has 6 heteroatoms. The molecule has 0 bridgehead atoms. The minimum absolute atomic E-state index is 0.232. The van der Waals surface area contributed by atoms with Crippen LogP contribution in [0, 0.1) is 11.6 Å². The zero-order chi connectivity index (χ0) is 18.7. The average Bonchev–Trinajstić information content (AvgIpc) is 3.08. The summed E-state index contributed by atoms with van der Waals surface area (Å²) in [6.45, 7) is 2.83. The highest BCUT2D eigenvalue weighted by Crippen LogP contribution is 2.23. The third-order valence-electron chi connectivity index (χ3n) is 4.12. The summed E-state index contributed by atoms with van der Waals surface area (Å²) in [7, 11) is 1.71. The molecule has 4 nitrogen and oxygen atoms in total. The van der Waals surface area contributed by atoms with Crippen LogP contribution in [0.15, 0.2) is 54.6 Å². The molecule has 3 rings (SSSR count). The van der Waals surface area contributed by atoms with Gasteiger partial charge in [-0.3, -0.25) is 9.48 Å². The molecule has 0 fully saturated rings. The van der Waals surface area contributed by atoms with Crippen molar-refractivity contribution in [3.05, 3.63) is 77.5 Å². The number of halogens is 2. The first-order valence-corrected chi connectivity index (χ1v) is 8.32. The van der Waals surface area contributed by atoms with E-state index in [1.807, 2.05) is 37.3 Å². The van der Waals surface area contributed by atoms with Gasteiger partial charge < -0.3 is 4.90 Å². The Hall–Kier alpha value is -3.02. The van der Waals surface area contributed by atoms with Gasteiger partial charge in [0.1, 0.15) is 0 Å². The zero-order valence-electron chi connectivity index (χ0n) is 14.6. The summed E-state index contributed by atoms with van der Waals surface area (Å²) in [5, 5.41) is 4.33. The highest BCUT2D eigenvalue weighted by Gasteiger charge is 2.19. The monoisotopic (exact) mass is 355 g/mol. The number of hydrogen-bond acceptors (Lipinski definition) is 2. The van der Waals surface area contributed by atoms with E-state index in [9.17, 15) is 13.6 Å². The van der Waals surface area contributed by atoms with Gasteiger partial charge in [0.15, 0.2) is 17.3 Å². The van der Waals surface area contributed by atoms with Crippen LogP contribution in [0.3, 0.4) is 0 Å². The molecule has 0 atom stereocenters. The van der Waals surface area contributed by atoms with Crippen LogP contribution in [0.2, 0.25) is 0 Å². The van der Waals surface area contributed by atoms with E-state index < -0.39 is 11.6 Å². The third-order valence-corrected chi connectivity index (χ3v) is 4.12. The largest absolute Gasteiger partial charge is 0.336 e. The second-order valence-corrected chi connectivity index (χ2v) is 6.01. The number of nitrogens with zero attached hydrogens (tertiary/aromatic N) is 3. The van der Waals surface area contributed by atoms with E-state index >= 15 is 0 Å². The smallest absolute Gasteiger partial charge is 0.274 e. The molecular weight excluding hydrogens is 336 g/mol. The van der Waals surface area contributed by atoms with Gasteiger partial charge in [-0.15, -0.1) is 0 Å². The molecule has 1 heterocycles. The molecule has 0 saturated carbocycles. The van der Waals surface area contributed by atoms with Crippen LogP contribution in [-0.4, -0.2) is 27.6 Å². The van der Waals surface area contributed by atoms with E-state index in [4.69, 9.17) is 0 Å². The minimum Gasteiger partial charge on any atom is -0.336 e. The molecular formula is C20H19F2N3O. The van der Waals surface area contributed by atoms with Gasteiger partial charge in [0, 0.05) is 25.7 Å². The molecule has 0 saturated heterocycles. The summed E-state index contributed by atoms with van der Waals surface area (Å²) < 4.78 is 28.3. The van der Waals surface area contributed by atoms with Crippen LogP contribution in [0.4, 0.5) is 8.78 Å². The Morgan fingerprint density at radius 1 is 1.08 bits per heavy atom. The molecule has 2 aromatic carbocycles. The number of amides is 1. The van der Waals surface area contributed by atoms with Crippen LogP contribution in [0.25, 0.3) is 11.3 Å². The van der Waals surface area contributed by atoms with Gasteiger partial charge in [0.2, 0.25) is 0 Å². The SMILES string of the molecule is CCn1nc(C(=O)N(C)Cc2ccccc2)cc1-c1ccc(F)c(F)c1. The van der Waals surface area contributed by atoms with Crippen molar-refractivity contribution in [1.29, 1.82) is 0 Å². The van der Waals surface area contributed by atoms with E-state index in [-0.39, 0.29) is 11.6 Å². The number of rotatable bonds is 5. The van der Waals surface area contributed by atoms with Gasteiger partial charge in [-0.05, 0) is 36.8 Å². The van der Waals surface area contributed by atoms with Gasteiger partial charge >= 0.3 is 0 Å². The molecule has 134 valence electrons. The molecule has 0 aliphatic heterocycles. The molecule has 0 spiro atoms. The van der Waals surface area contributed by atoms with Gasteiger partial charge in [-0.1, -0.05) is 30.3 Å². The van der Waals surface area contributed by atoms with Crippen molar-refractivity contribution >= 4 is 5.91 Å². The van der Waals surface area contributed by atoms with E-state index in [2.05, 4.69) is 5.10 Å². The molecule has 0 unspecified atom stereocenters. The number of hydrogen-bond donors (Lipinski definition) is 0. The average molecular weight is 355 g/mol. The number of benzene rings is 2. The third kappa shape index (κ3) is 3.64. The molecule has 0 radical (unpaired) electrons. The number of carbonyl (C=O) groups excluding carboxylic acids is 1. The van der Waals surface area contributed by atoms with Crippen molar-refractivity contribution in [2.75, 3.05) is 7.05 Å². The maximum absolute atomic E-state index is 13.6. The quantitative estimate of drug-likeness (QED) is 0.690. The zero-order valence-corrected chi connectivity index (χ0v) is 14.6. The van der Waals surface area contributed by atoms with Crippen LogP contribution in [-0.2, 0) is 13.1 Å². The Morgan fingerprint density at radius 2 is 1.81 bits per heavy atom. The second kappa shape index (κ2) is 7.47. The normalized spacial score (nSPS) is 10.8. The summed E-state index contributed by atoms with van der Waals surface area (Å²) in [6, 6.07) is 14.9. The van der Waals surface area contributed by atoms with Crippen LogP contribution < -0.4 is 0 Å². The first kappa shape index (κ1) is 17.8. The Balaban J connectivity index is 1.87. The predicted molar refractivity (Wildman–Crippen MR) is 95.5 cm³/mol. The lowest BCUT2D eigenvalue weighted by Crippen LogP contribution is -2.26. The Bertz CT molecular complexity index is 922. The van der Waals surface area contributed by atoms with Crippen LogP contribution in [0.5, 0.6) is 0 Å². The summed E-state index contributed by atoms with van der Waals surface area (Å²) in [5.41, 5.74) is 2.33. The molecule has 3 aromatic rings. The lowest BCUT2D eigenvalue weighted by molar-refractivity contribution is 0.0778. The van der Waals surface area contributed by atoms with Crippen LogP contribution >= 0.6 is 0 Å². The van der Waals surface area contributed by atoms with Crippen molar-refractivity contribution in [3.8, 4) is 11.3 Å². The molecule has 26 heavy (non-hydrogen) atoms. The Morgan fingerprint density at radius 3 is 2.46 bits per heavy atom. The first-order valence-electron chi connectivity index (χ1n) is 8.32. The summed E-state index contributed by atoms with van der Waals surface area (Å²) >= 11 is 0. The number of aromatic nitrogens is 2. The lowest BCUT2D eigenvalue weighted by Gasteiger charge is -2.15. The Labute approximate surface area is 150 Å². The highest BCUT2D eigenvalue weighted by molar-refractivity contribution is 5.93. The van der Waals surface area contributed by atoms with Gasteiger partial charge in [-0.25, -0.2) is 8.78 Å². The number of carbonyl (C=O) groups is 1. The Kier molecular flexibility index (Phi) is 5.11. The fourth-order valence-electron chi connectivity index (χ4n) is 2.77. The second-order valence-electron chi connectivity index (χ2n) is 6.01. The van der Waals surface area contributed by atoms with E-state index in [1.165, 1.54) is 6.07 Å². The first-order chi connectivity index (χ1) is 12.5. The lowest BCUT2D eigenvalue weighted by atomic mass is 10.1. The van der Waals surface area contributed by atoms with Crippen molar-refractivity contribution < 1.29 is 13.6 Å². The van der Waals surface area contributed by atoms with Crippen molar-refractivity contribution in [2.24, 2.45) is 0 Å². The van der Waals surface area contributed by atoms with Crippen molar-refractivity contribution in [1.82, 2.24) is 14.7 Å². The molecule has 0 aliphatic carbocycles. The standard InChI is InChI=1S/C20H19F2N3O/c1-3-25-19(15-9-10-16(21)17(22)11-15)12-18(23-25)20(26)24(2)13-14-7-5-4-6-8-14/h4-12H,3,13H2,1-2H3. The molecule has 1 amide bonds. The van der Waals surface area contributed by atoms with Crippen LogP contribution in [0.1, 0.15) is 23.0 Å². The van der Waals surface area contributed by atoms with Gasteiger partial charge in [-0.2, -0.15) is 5.10 Å². The minimum atomic E-state index is -0.930. The molecule has 0 aliphatic rings. The van der Waals surface area contributed by atoms with Gasteiger partial charge in [0.25, 0.3) is 5.91 Å². The molecule has 0 N–H and O–H groups in total. The summed E-state index contributed by atoms with van der Waals surface area (Å²) in [6.07, 6.45) is 0. The topological polar surface area (TPSA) is 38.1 Å². The van der Waals surface area contributed by atoms with E-state index in [1.54, 1.807) is 22.7 Å². The fourth-order valence-corrected chi connectivity index (χ4v) is 2.77. The highest BCUT2D eigenvalue weighted by atomic mass is 19.2. The summed E-state index contributed by atoms with van der Waals surface area (Å²) in [5.74, 6) is -2.07. The molecule has 1 aromatic heterocycles. The van der Waals surface area contributed by atoms with Crippen molar-refractivity contribution in [2.45, 2.75) is 20.0 Å². The fraction of sp³-hybridized carbons (Fsp3) is 0.200.